The number of anilines is 1. The summed E-state index contributed by atoms with van der Waals surface area (Å²) in [4.78, 5) is 13.0. The molecule has 6 heteroatoms. The zero-order chi connectivity index (χ0) is 12.4. The van der Waals surface area contributed by atoms with Crippen molar-refractivity contribution in [3.63, 3.8) is 0 Å². The molecule has 1 aliphatic heterocycles. The molecule has 0 aromatic carbocycles. The largest absolute Gasteiger partial charge is 0.351 e. The lowest BCUT2D eigenvalue weighted by Crippen LogP contribution is -2.38. The van der Waals surface area contributed by atoms with Crippen molar-refractivity contribution in [3.05, 3.63) is 16.0 Å². The fourth-order valence-electron chi connectivity index (χ4n) is 2.23. The predicted octanol–water partition coefficient (Wildman–Crippen LogP) is 2.42. The zero-order valence-corrected chi connectivity index (χ0v) is 12.4. The quantitative estimate of drug-likeness (QED) is 0.744. The maximum atomic E-state index is 6.02. The highest BCUT2D eigenvalue weighted by Gasteiger charge is 2.23. The van der Waals surface area contributed by atoms with E-state index in [4.69, 9.17) is 11.6 Å². The van der Waals surface area contributed by atoms with Crippen molar-refractivity contribution in [1.29, 1.82) is 0 Å². The number of nitrogens with zero attached hydrogens (tertiary/aromatic N) is 4. The Kier molecular flexibility index (Phi) is 4.22. The number of likely N-dealkylation sites (N-methyl/N-ethyl adjacent to an activating group) is 1. The summed E-state index contributed by atoms with van der Waals surface area (Å²) < 4.78 is 0.790. The lowest BCUT2D eigenvalue weighted by molar-refractivity contribution is 0.337. The van der Waals surface area contributed by atoms with Gasteiger partial charge in [-0.1, -0.05) is 11.6 Å². The van der Waals surface area contributed by atoms with Crippen molar-refractivity contribution in [1.82, 2.24) is 14.9 Å². The molecule has 1 unspecified atom stereocenters. The Labute approximate surface area is 115 Å². The zero-order valence-electron chi connectivity index (χ0n) is 10.0. The van der Waals surface area contributed by atoms with E-state index in [0.29, 0.717) is 11.2 Å². The summed E-state index contributed by atoms with van der Waals surface area (Å²) in [5.74, 6) is 0.896. The SMILES string of the molecule is CC1CN(C)CCCN1c1ncnc(Cl)c1Br. The van der Waals surface area contributed by atoms with Gasteiger partial charge in [0.05, 0.1) is 4.47 Å². The number of hydrogen-bond donors (Lipinski definition) is 0. The van der Waals surface area contributed by atoms with Crippen molar-refractivity contribution in [2.45, 2.75) is 19.4 Å². The van der Waals surface area contributed by atoms with E-state index in [-0.39, 0.29) is 0 Å². The minimum Gasteiger partial charge on any atom is -0.351 e. The van der Waals surface area contributed by atoms with Crippen LogP contribution in [0.15, 0.2) is 10.8 Å². The molecule has 17 heavy (non-hydrogen) atoms. The molecule has 1 aliphatic rings. The third-order valence-electron chi connectivity index (χ3n) is 3.05. The second-order valence-corrected chi connectivity index (χ2v) is 5.61. The van der Waals surface area contributed by atoms with Crippen LogP contribution in [-0.2, 0) is 0 Å². The molecule has 94 valence electrons. The molecule has 0 spiro atoms. The Morgan fingerprint density at radius 2 is 2.18 bits per heavy atom. The lowest BCUT2D eigenvalue weighted by atomic mass is 10.2. The number of halogens is 2. The van der Waals surface area contributed by atoms with E-state index in [2.05, 4.69) is 49.7 Å². The van der Waals surface area contributed by atoms with Gasteiger partial charge in [-0.15, -0.1) is 0 Å². The van der Waals surface area contributed by atoms with Crippen molar-refractivity contribution >= 4 is 33.3 Å². The fraction of sp³-hybridized carbons (Fsp3) is 0.636. The third kappa shape index (κ3) is 2.89. The molecule has 1 atom stereocenters. The topological polar surface area (TPSA) is 32.3 Å². The molecule has 1 fully saturated rings. The number of aromatic nitrogens is 2. The highest BCUT2D eigenvalue weighted by Crippen LogP contribution is 2.30. The first kappa shape index (κ1) is 13.1. The van der Waals surface area contributed by atoms with Crippen LogP contribution in [0.4, 0.5) is 5.82 Å². The Bertz CT molecular complexity index is 401. The first-order valence-corrected chi connectivity index (χ1v) is 6.88. The smallest absolute Gasteiger partial charge is 0.148 e. The van der Waals surface area contributed by atoms with E-state index >= 15 is 0 Å². The van der Waals surface area contributed by atoms with Gasteiger partial charge < -0.3 is 9.80 Å². The lowest BCUT2D eigenvalue weighted by Gasteiger charge is -2.29. The Morgan fingerprint density at radius 3 is 2.94 bits per heavy atom. The maximum absolute atomic E-state index is 6.02. The number of rotatable bonds is 1. The summed E-state index contributed by atoms with van der Waals surface area (Å²) in [6.07, 6.45) is 2.65. The van der Waals surface area contributed by atoms with Crippen LogP contribution >= 0.6 is 27.5 Å². The molecule has 0 amide bonds. The summed E-state index contributed by atoms with van der Waals surface area (Å²) in [6, 6.07) is 0.421. The second-order valence-electron chi connectivity index (χ2n) is 4.46. The van der Waals surface area contributed by atoms with Crippen LogP contribution in [-0.4, -0.2) is 47.6 Å². The molecule has 2 rings (SSSR count). The second kappa shape index (κ2) is 5.50. The normalized spacial score (nSPS) is 22.6. The average Bonchev–Trinajstić information content (AvgIpc) is 2.44. The first-order chi connectivity index (χ1) is 8.09. The van der Waals surface area contributed by atoms with Crippen LogP contribution in [0.5, 0.6) is 0 Å². The van der Waals surface area contributed by atoms with E-state index in [1.165, 1.54) is 6.33 Å². The molecular weight excluding hydrogens is 304 g/mol. The Morgan fingerprint density at radius 1 is 1.41 bits per heavy atom. The van der Waals surface area contributed by atoms with Gasteiger partial charge in [-0.05, 0) is 42.9 Å². The molecular formula is C11H16BrClN4. The third-order valence-corrected chi connectivity index (χ3v) is 4.29. The van der Waals surface area contributed by atoms with Gasteiger partial charge in [0, 0.05) is 19.1 Å². The van der Waals surface area contributed by atoms with Crippen molar-refractivity contribution < 1.29 is 0 Å². The fourth-order valence-corrected chi connectivity index (χ4v) is 2.79. The molecule has 4 nitrogen and oxygen atoms in total. The molecule has 0 saturated carbocycles. The molecule has 0 radical (unpaired) electrons. The molecule has 0 aliphatic carbocycles. The van der Waals surface area contributed by atoms with E-state index < -0.39 is 0 Å². The Hall–Kier alpha value is -0.390. The Balaban J connectivity index is 2.28. The van der Waals surface area contributed by atoms with E-state index in [1.807, 2.05) is 0 Å². The monoisotopic (exact) mass is 318 g/mol. The molecule has 1 aromatic rings. The summed E-state index contributed by atoms with van der Waals surface area (Å²) in [7, 11) is 2.15. The molecule has 0 N–H and O–H groups in total. The van der Waals surface area contributed by atoms with Gasteiger partial charge in [0.2, 0.25) is 0 Å². The molecule has 1 aromatic heterocycles. The predicted molar refractivity (Wildman–Crippen MR) is 73.7 cm³/mol. The summed E-state index contributed by atoms with van der Waals surface area (Å²) in [5.41, 5.74) is 0. The van der Waals surface area contributed by atoms with Gasteiger partial charge in [-0.25, -0.2) is 9.97 Å². The highest BCUT2D eigenvalue weighted by molar-refractivity contribution is 9.10. The number of hydrogen-bond acceptors (Lipinski definition) is 4. The van der Waals surface area contributed by atoms with Crippen LogP contribution in [0.2, 0.25) is 5.15 Å². The maximum Gasteiger partial charge on any atom is 0.148 e. The van der Waals surface area contributed by atoms with E-state index in [9.17, 15) is 0 Å². The molecule has 1 saturated heterocycles. The summed E-state index contributed by atoms with van der Waals surface area (Å²) in [6.45, 7) is 5.37. The van der Waals surface area contributed by atoms with Gasteiger partial charge in [0.25, 0.3) is 0 Å². The van der Waals surface area contributed by atoms with Crippen molar-refractivity contribution in [2.75, 3.05) is 31.6 Å². The van der Waals surface area contributed by atoms with Crippen molar-refractivity contribution in [2.24, 2.45) is 0 Å². The average molecular weight is 320 g/mol. The minimum atomic E-state index is 0.421. The van der Waals surface area contributed by atoms with Gasteiger partial charge in [-0.3, -0.25) is 0 Å². The summed E-state index contributed by atoms with van der Waals surface area (Å²) in [5, 5.41) is 0.472. The first-order valence-electron chi connectivity index (χ1n) is 5.70. The minimum absolute atomic E-state index is 0.421. The van der Waals surface area contributed by atoms with Gasteiger partial charge >= 0.3 is 0 Å². The van der Waals surface area contributed by atoms with Crippen molar-refractivity contribution in [3.8, 4) is 0 Å². The summed E-state index contributed by atoms with van der Waals surface area (Å²) >= 11 is 9.49. The van der Waals surface area contributed by atoms with Crippen LogP contribution < -0.4 is 4.90 Å². The van der Waals surface area contributed by atoms with Crippen LogP contribution in [0, 0.1) is 0 Å². The highest BCUT2D eigenvalue weighted by atomic mass is 79.9. The van der Waals surface area contributed by atoms with Crippen LogP contribution in [0.3, 0.4) is 0 Å². The standard InChI is InChI=1S/C11H16BrClN4/c1-8-6-16(2)4-3-5-17(8)11-9(12)10(13)14-7-15-11/h7-8H,3-6H2,1-2H3. The van der Waals surface area contributed by atoms with Crippen LogP contribution in [0.1, 0.15) is 13.3 Å². The van der Waals surface area contributed by atoms with Crippen LogP contribution in [0.25, 0.3) is 0 Å². The van der Waals surface area contributed by atoms with Gasteiger partial charge in [0.15, 0.2) is 0 Å². The van der Waals surface area contributed by atoms with E-state index in [0.717, 1.165) is 36.3 Å². The van der Waals surface area contributed by atoms with E-state index in [1.54, 1.807) is 0 Å². The molecule has 0 bridgehead atoms. The molecule has 2 heterocycles. The van der Waals surface area contributed by atoms with Gasteiger partial charge in [0.1, 0.15) is 17.3 Å². The van der Waals surface area contributed by atoms with Gasteiger partial charge in [-0.2, -0.15) is 0 Å².